The fourth-order valence-electron chi connectivity index (χ4n) is 4.86. The molecular weight excluding hydrogens is 375 g/mol. The zero-order valence-electron chi connectivity index (χ0n) is 16.6. The van der Waals surface area contributed by atoms with Gasteiger partial charge in [0.1, 0.15) is 5.82 Å². The van der Waals surface area contributed by atoms with Crippen molar-refractivity contribution in [2.24, 2.45) is 0 Å². The van der Waals surface area contributed by atoms with Crippen LogP contribution in [-0.4, -0.2) is 57.7 Å². The lowest BCUT2D eigenvalue weighted by Crippen LogP contribution is -2.35. The molecule has 0 spiro atoms. The Hall–Kier alpha value is -1.76. The first-order valence-corrected chi connectivity index (χ1v) is 11.6. The quantitative estimate of drug-likeness (QED) is 0.787. The van der Waals surface area contributed by atoms with Crippen molar-refractivity contribution in [3.05, 3.63) is 65.0 Å². The second-order valence-electron chi connectivity index (χ2n) is 8.30. The number of benzene rings is 2. The molecule has 6 heteroatoms. The molecule has 150 valence electrons. The van der Waals surface area contributed by atoms with E-state index in [4.69, 9.17) is 0 Å². The van der Waals surface area contributed by atoms with E-state index in [9.17, 15) is 12.8 Å². The number of sulfone groups is 1. The van der Waals surface area contributed by atoms with Crippen molar-refractivity contribution in [3.63, 3.8) is 0 Å². The maximum atomic E-state index is 14.5. The Balaban J connectivity index is 1.62. The summed E-state index contributed by atoms with van der Waals surface area (Å²) in [5.41, 5.74) is 3.14. The molecule has 1 aliphatic heterocycles. The summed E-state index contributed by atoms with van der Waals surface area (Å²) in [5, 5.41) is 0. The van der Waals surface area contributed by atoms with Crippen LogP contribution >= 0.6 is 0 Å². The van der Waals surface area contributed by atoms with Crippen molar-refractivity contribution < 1.29 is 12.8 Å². The van der Waals surface area contributed by atoms with Gasteiger partial charge in [-0.25, -0.2) is 12.8 Å². The summed E-state index contributed by atoms with van der Waals surface area (Å²) in [6.45, 7) is 1.73. The molecule has 0 radical (unpaired) electrons. The lowest BCUT2D eigenvalue weighted by molar-refractivity contribution is 0.213. The summed E-state index contributed by atoms with van der Waals surface area (Å²) in [5.74, 6) is 0.168. The van der Waals surface area contributed by atoms with E-state index in [1.54, 1.807) is 24.3 Å². The van der Waals surface area contributed by atoms with Crippen LogP contribution in [0.3, 0.4) is 0 Å². The van der Waals surface area contributed by atoms with Crippen LogP contribution in [0.5, 0.6) is 0 Å². The maximum Gasteiger partial charge on any atom is 0.175 e. The molecule has 2 aromatic rings. The zero-order valence-corrected chi connectivity index (χ0v) is 17.4. The standard InChI is InChI=1S/C22H27FN2O2S/c1-24(2)21-14-25(20-12-9-16-5-4-6-19(23)22(16)20)13-18(21)15-7-10-17(11-8-15)28(3,26)27/h4-8,10-11,18,20-21H,9,12-14H2,1-3H3/t18-,20+,21+/m1/s1. The summed E-state index contributed by atoms with van der Waals surface area (Å²) < 4.78 is 38.1. The second kappa shape index (κ2) is 7.25. The van der Waals surface area contributed by atoms with Gasteiger partial charge in [-0.05, 0) is 56.3 Å². The van der Waals surface area contributed by atoms with Gasteiger partial charge in [0.2, 0.25) is 0 Å². The van der Waals surface area contributed by atoms with E-state index in [1.165, 1.54) is 6.26 Å². The van der Waals surface area contributed by atoms with Crippen molar-refractivity contribution in [2.75, 3.05) is 33.4 Å². The van der Waals surface area contributed by atoms with Gasteiger partial charge >= 0.3 is 0 Å². The summed E-state index contributed by atoms with van der Waals surface area (Å²) >= 11 is 0. The van der Waals surface area contributed by atoms with Gasteiger partial charge in [0.25, 0.3) is 0 Å². The first kappa shape index (κ1) is 19.6. The van der Waals surface area contributed by atoms with Gasteiger partial charge in [-0.1, -0.05) is 24.3 Å². The normalized spacial score (nSPS) is 25.4. The molecule has 28 heavy (non-hydrogen) atoms. The predicted molar refractivity (Wildman–Crippen MR) is 109 cm³/mol. The predicted octanol–water partition coefficient (Wildman–Crippen LogP) is 3.25. The van der Waals surface area contributed by atoms with Crippen LogP contribution in [0.4, 0.5) is 4.39 Å². The molecule has 1 aliphatic carbocycles. The van der Waals surface area contributed by atoms with Gasteiger partial charge < -0.3 is 4.90 Å². The molecule has 0 unspecified atom stereocenters. The zero-order chi connectivity index (χ0) is 20.1. The third-order valence-electron chi connectivity index (χ3n) is 6.32. The van der Waals surface area contributed by atoms with Gasteiger partial charge in [0.15, 0.2) is 9.84 Å². The SMILES string of the molecule is CN(C)[C@H]1CN([C@H]2CCc3cccc(F)c32)C[C@@H]1c1ccc(S(C)(=O)=O)cc1. The first-order valence-electron chi connectivity index (χ1n) is 9.73. The Morgan fingerprint density at radius 2 is 1.79 bits per heavy atom. The highest BCUT2D eigenvalue weighted by Gasteiger charge is 2.41. The molecule has 0 N–H and O–H groups in total. The summed E-state index contributed by atoms with van der Waals surface area (Å²) in [4.78, 5) is 4.99. The average Bonchev–Trinajstić information content (AvgIpc) is 3.26. The monoisotopic (exact) mass is 402 g/mol. The van der Waals surface area contributed by atoms with Crippen LogP contribution in [0.1, 0.15) is 35.1 Å². The highest BCUT2D eigenvalue weighted by Crippen LogP contribution is 2.42. The molecule has 0 bridgehead atoms. The Bertz CT molecular complexity index is 973. The Kier molecular flexibility index (Phi) is 5.06. The van der Waals surface area contributed by atoms with E-state index in [1.807, 2.05) is 18.2 Å². The van der Waals surface area contributed by atoms with Crippen molar-refractivity contribution in [1.82, 2.24) is 9.80 Å². The summed E-state index contributed by atoms with van der Waals surface area (Å²) in [7, 11) is 0.960. The first-order chi connectivity index (χ1) is 13.3. The van der Waals surface area contributed by atoms with Crippen molar-refractivity contribution in [3.8, 4) is 0 Å². The van der Waals surface area contributed by atoms with E-state index >= 15 is 0 Å². The molecule has 0 aromatic heterocycles. The van der Waals surface area contributed by atoms with Crippen molar-refractivity contribution in [2.45, 2.75) is 35.7 Å². The maximum absolute atomic E-state index is 14.5. The molecule has 3 atom stereocenters. The van der Waals surface area contributed by atoms with Gasteiger partial charge in [0.05, 0.1) is 4.90 Å². The minimum absolute atomic E-state index is 0.0950. The molecule has 2 aromatic carbocycles. The Morgan fingerprint density at radius 1 is 1.07 bits per heavy atom. The van der Waals surface area contributed by atoms with E-state index < -0.39 is 9.84 Å². The van der Waals surface area contributed by atoms with E-state index in [0.29, 0.717) is 10.9 Å². The Morgan fingerprint density at radius 3 is 2.43 bits per heavy atom. The van der Waals surface area contributed by atoms with E-state index in [-0.39, 0.29) is 17.8 Å². The lowest BCUT2D eigenvalue weighted by Gasteiger charge is -2.26. The number of aryl methyl sites for hydroxylation is 1. The average molecular weight is 403 g/mol. The number of likely N-dealkylation sites (tertiary alicyclic amines) is 1. The number of halogens is 1. The van der Waals surface area contributed by atoms with Crippen LogP contribution in [-0.2, 0) is 16.3 Å². The van der Waals surface area contributed by atoms with Crippen LogP contribution < -0.4 is 0 Å². The minimum atomic E-state index is -3.20. The largest absolute Gasteiger partial charge is 0.305 e. The smallest absolute Gasteiger partial charge is 0.175 e. The molecule has 0 amide bonds. The van der Waals surface area contributed by atoms with E-state index in [2.05, 4.69) is 23.9 Å². The lowest BCUT2D eigenvalue weighted by atomic mass is 9.94. The highest BCUT2D eigenvalue weighted by atomic mass is 32.2. The second-order valence-corrected chi connectivity index (χ2v) is 10.3. The van der Waals surface area contributed by atoms with Gasteiger partial charge in [-0.3, -0.25) is 4.90 Å². The van der Waals surface area contributed by atoms with Gasteiger partial charge in [-0.15, -0.1) is 0 Å². The van der Waals surface area contributed by atoms with Crippen LogP contribution in [0.15, 0.2) is 47.4 Å². The molecule has 4 rings (SSSR count). The molecule has 4 nitrogen and oxygen atoms in total. The molecule has 0 saturated carbocycles. The number of nitrogens with zero attached hydrogens (tertiary/aromatic N) is 2. The molecule has 1 fully saturated rings. The fourth-order valence-corrected chi connectivity index (χ4v) is 5.49. The van der Waals surface area contributed by atoms with Crippen molar-refractivity contribution in [1.29, 1.82) is 0 Å². The molecule has 2 aliphatic rings. The third kappa shape index (κ3) is 3.49. The number of fused-ring (bicyclic) bond motifs is 1. The fraction of sp³-hybridized carbons (Fsp3) is 0.455. The minimum Gasteiger partial charge on any atom is -0.305 e. The number of hydrogen-bond donors (Lipinski definition) is 0. The van der Waals surface area contributed by atoms with Crippen LogP contribution in [0, 0.1) is 5.82 Å². The van der Waals surface area contributed by atoms with Crippen LogP contribution in [0.25, 0.3) is 0 Å². The number of hydrogen-bond acceptors (Lipinski definition) is 4. The van der Waals surface area contributed by atoms with Gasteiger partial charge in [-0.2, -0.15) is 0 Å². The topological polar surface area (TPSA) is 40.6 Å². The summed E-state index contributed by atoms with van der Waals surface area (Å²) in [6.07, 6.45) is 3.11. The molecule has 1 heterocycles. The highest BCUT2D eigenvalue weighted by molar-refractivity contribution is 7.90. The summed E-state index contributed by atoms with van der Waals surface area (Å²) in [6, 6.07) is 13.1. The Labute approximate surface area is 166 Å². The van der Waals surface area contributed by atoms with Crippen molar-refractivity contribution >= 4 is 9.84 Å². The number of rotatable bonds is 4. The van der Waals surface area contributed by atoms with Crippen LogP contribution in [0.2, 0.25) is 0 Å². The van der Waals surface area contributed by atoms with Gasteiger partial charge in [0, 0.05) is 42.9 Å². The molecule has 1 saturated heterocycles. The number of likely N-dealkylation sites (N-methyl/N-ethyl adjacent to an activating group) is 1. The van der Waals surface area contributed by atoms with E-state index in [0.717, 1.165) is 42.6 Å². The third-order valence-corrected chi connectivity index (χ3v) is 7.45. The molecular formula is C22H27FN2O2S.